The van der Waals surface area contributed by atoms with Crippen LogP contribution in [0.1, 0.15) is 33.1 Å². The second kappa shape index (κ2) is 3.91. The van der Waals surface area contributed by atoms with E-state index in [2.05, 4.69) is 25.3 Å². The Kier molecular flexibility index (Phi) is 3.13. The molecule has 0 radical (unpaired) electrons. The Morgan fingerprint density at radius 2 is 2.27 bits per heavy atom. The molecule has 0 aliphatic carbocycles. The minimum atomic E-state index is 0.776. The molecule has 0 aromatic rings. The van der Waals surface area contributed by atoms with Crippen LogP contribution in [0.4, 0.5) is 0 Å². The molecule has 0 aromatic carbocycles. The lowest BCUT2D eigenvalue weighted by Gasteiger charge is -2.25. The minimum absolute atomic E-state index is 0.776. The van der Waals surface area contributed by atoms with Gasteiger partial charge in [-0.1, -0.05) is 13.0 Å². The largest absolute Gasteiger partial charge is 0.294 e. The summed E-state index contributed by atoms with van der Waals surface area (Å²) in [5, 5.41) is 0. The van der Waals surface area contributed by atoms with E-state index >= 15 is 0 Å². The van der Waals surface area contributed by atoms with E-state index in [1.165, 1.54) is 19.3 Å². The van der Waals surface area contributed by atoms with Crippen molar-refractivity contribution in [1.82, 2.24) is 4.90 Å². The molecule has 1 heteroatoms. The Morgan fingerprint density at radius 1 is 1.55 bits per heavy atom. The van der Waals surface area contributed by atoms with Crippen LogP contribution in [0.25, 0.3) is 0 Å². The second-order valence-electron chi connectivity index (χ2n) is 3.47. The molecule has 1 fully saturated rings. The average molecular weight is 153 g/mol. The standard InChI is InChI=1S/C10H19N/c1-4-8-11-9(3)6-7-10(11)5-2/h4,9-10H,1,5-8H2,2-3H3. The molecule has 0 saturated carbocycles. The van der Waals surface area contributed by atoms with Gasteiger partial charge in [0, 0.05) is 18.6 Å². The van der Waals surface area contributed by atoms with Crippen LogP contribution in [0.15, 0.2) is 12.7 Å². The molecule has 2 atom stereocenters. The lowest BCUT2D eigenvalue weighted by atomic mass is 10.1. The van der Waals surface area contributed by atoms with Crippen LogP contribution in [0.5, 0.6) is 0 Å². The van der Waals surface area contributed by atoms with Crippen molar-refractivity contribution < 1.29 is 0 Å². The Labute approximate surface area is 70.1 Å². The van der Waals surface area contributed by atoms with Gasteiger partial charge >= 0.3 is 0 Å². The summed E-state index contributed by atoms with van der Waals surface area (Å²) in [6, 6.07) is 1.60. The highest BCUT2D eigenvalue weighted by molar-refractivity contribution is 4.88. The molecule has 0 spiro atoms. The molecule has 1 aliphatic heterocycles. The van der Waals surface area contributed by atoms with Gasteiger partial charge in [-0.25, -0.2) is 0 Å². The van der Waals surface area contributed by atoms with Gasteiger partial charge in [0.25, 0.3) is 0 Å². The van der Waals surface area contributed by atoms with Crippen LogP contribution in [-0.2, 0) is 0 Å². The van der Waals surface area contributed by atoms with Gasteiger partial charge in [-0.3, -0.25) is 4.90 Å². The van der Waals surface area contributed by atoms with Crippen molar-refractivity contribution in [3.8, 4) is 0 Å². The van der Waals surface area contributed by atoms with Crippen LogP contribution >= 0.6 is 0 Å². The molecule has 1 rings (SSSR count). The van der Waals surface area contributed by atoms with Gasteiger partial charge in [0.15, 0.2) is 0 Å². The molecule has 1 heterocycles. The summed E-state index contributed by atoms with van der Waals surface area (Å²) in [6.45, 7) is 9.45. The maximum absolute atomic E-state index is 3.79. The van der Waals surface area contributed by atoms with Crippen molar-refractivity contribution in [2.24, 2.45) is 0 Å². The Balaban J connectivity index is 2.48. The average Bonchev–Trinajstić information content (AvgIpc) is 2.34. The normalized spacial score (nSPS) is 32.5. The first kappa shape index (κ1) is 8.79. The van der Waals surface area contributed by atoms with Gasteiger partial charge in [0.05, 0.1) is 0 Å². The van der Waals surface area contributed by atoms with E-state index in [9.17, 15) is 0 Å². The third-order valence-electron chi connectivity index (χ3n) is 2.76. The minimum Gasteiger partial charge on any atom is -0.294 e. The van der Waals surface area contributed by atoms with Crippen molar-refractivity contribution in [3.63, 3.8) is 0 Å². The summed E-state index contributed by atoms with van der Waals surface area (Å²) in [6.07, 6.45) is 6.06. The molecule has 1 saturated heterocycles. The van der Waals surface area contributed by atoms with Gasteiger partial charge in [0.2, 0.25) is 0 Å². The molecular formula is C10H19N. The van der Waals surface area contributed by atoms with E-state index in [4.69, 9.17) is 0 Å². The van der Waals surface area contributed by atoms with E-state index in [-0.39, 0.29) is 0 Å². The number of rotatable bonds is 3. The van der Waals surface area contributed by atoms with E-state index in [0.29, 0.717) is 0 Å². The van der Waals surface area contributed by atoms with Crippen LogP contribution < -0.4 is 0 Å². The van der Waals surface area contributed by atoms with Gasteiger partial charge < -0.3 is 0 Å². The topological polar surface area (TPSA) is 3.24 Å². The Hall–Kier alpha value is -0.300. The highest BCUT2D eigenvalue weighted by atomic mass is 15.2. The predicted molar refractivity (Wildman–Crippen MR) is 49.7 cm³/mol. The van der Waals surface area contributed by atoms with Crippen LogP contribution in [0.2, 0.25) is 0 Å². The van der Waals surface area contributed by atoms with Gasteiger partial charge in [-0.05, 0) is 26.2 Å². The third-order valence-corrected chi connectivity index (χ3v) is 2.76. The summed E-state index contributed by atoms with van der Waals surface area (Å²) < 4.78 is 0. The van der Waals surface area contributed by atoms with Crippen molar-refractivity contribution in [2.45, 2.75) is 45.2 Å². The Bertz CT molecular complexity index is 131. The molecule has 1 nitrogen and oxygen atoms in total. The zero-order chi connectivity index (χ0) is 8.27. The Morgan fingerprint density at radius 3 is 2.82 bits per heavy atom. The maximum atomic E-state index is 3.79. The lowest BCUT2D eigenvalue weighted by Crippen LogP contribution is -2.34. The first-order chi connectivity index (χ1) is 5.29. The van der Waals surface area contributed by atoms with Gasteiger partial charge in [0.1, 0.15) is 0 Å². The molecule has 0 amide bonds. The first-order valence-corrected chi connectivity index (χ1v) is 4.66. The molecule has 0 bridgehead atoms. The smallest absolute Gasteiger partial charge is 0.0166 e. The SMILES string of the molecule is C=CCN1C(C)CCC1CC. The molecule has 11 heavy (non-hydrogen) atoms. The molecule has 1 aliphatic rings. The zero-order valence-electron chi connectivity index (χ0n) is 7.71. The fraction of sp³-hybridized carbons (Fsp3) is 0.800. The number of hydrogen-bond acceptors (Lipinski definition) is 1. The van der Waals surface area contributed by atoms with Crippen molar-refractivity contribution >= 4 is 0 Å². The van der Waals surface area contributed by atoms with Crippen molar-refractivity contribution in [2.75, 3.05) is 6.54 Å². The van der Waals surface area contributed by atoms with E-state index < -0.39 is 0 Å². The van der Waals surface area contributed by atoms with E-state index in [1.807, 2.05) is 6.08 Å². The highest BCUT2D eigenvalue weighted by Gasteiger charge is 2.27. The molecule has 2 unspecified atom stereocenters. The van der Waals surface area contributed by atoms with E-state index in [1.54, 1.807) is 0 Å². The molecule has 0 N–H and O–H groups in total. The van der Waals surface area contributed by atoms with E-state index in [0.717, 1.165) is 18.6 Å². The second-order valence-corrected chi connectivity index (χ2v) is 3.47. The number of nitrogens with zero attached hydrogens (tertiary/aromatic N) is 1. The van der Waals surface area contributed by atoms with Crippen LogP contribution in [-0.4, -0.2) is 23.5 Å². The van der Waals surface area contributed by atoms with Gasteiger partial charge in [-0.15, -0.1) is 6.58 Å². The molecule has 0 aromatic heterocycles. The third kappa shape index (κ3) is 1.84. The fourth-order valence-electron chi connectivity index (χ4n) is 2.04. The van der Waals surface area contributed by atoms with Crippen LogP contribution in [0, 0.1) is 0 Å². The molecular weight excluding hydrogens is 134 g/mol. The van der Waals surface area contributed by atoms with Crippen molar-refractivity contribution in [3.05, 3.63) is 12.7 Å². The maximum Gasteiger partial charge on any atom is 0.0166 e. The summed E-state index contributed by atoms with van der Waals surface area (Å²) in [5.41, 5.74) is 0. The monoisotopic (exact) mass is 153 g/mol. The quantitative estimate of drug-likeness (QED) is 0.563. The molecule has 64 valence electrons. The zero-order valence-corrected chi connectivity index (χ0v) is 7.71. The first-order valence-electron chi connectivity index (χ1n) is 4.66. The van der Waals surface area contributed by atoms with Crippen molar-refractivity contribution in [1.29, 1.82) is 0 Å². The number of hydrogen-bond donors (Lipinski definition) is 0. The lowest BCUT2D eigenvalue weighted by molar-refractivity contribution is 0.221. The summed E-state index contributed by atoms with van der Waals surface area (Å²) in [7, 11) is 0. The highest BCUT2D eigenvalue weighted by Crippen LogP contribution is 2.25. The summed E-state index contributed by atoms with van der Waals surface area (Å²) in [4.78, 5) is 2.56. The fourth-order valence-corrected chi connectivity index (χ4v) is 2.04. The van der Waals surface area contributed by atoms with Crippen LogP contribution in [0.3, 0.4) is 0 Å². The predicted octanol–water partition coefficient (Wildman–Crippen LogP) is 2.44. The summed E-state index contributed by atoms with van der Waals surface area (Å²) in [5.74, 6) is 0. The van der Waals surface area contributed by atoms with Gasteiger partial charge in [-0.2, -0.15) is 0 Å². The number of likely N-dealkylation sites (tertiary alicyclic amines) is 1. The summed E-state index contributed by atoms with van der Waals surface area (Å²) >= 11 is 0.